The highest BCUT2D eigenvalue weighted by atomic mass is 35.5. The molecule has 1 aliphatic heterocycles. The fourth-order valence-electron chi connectivity index (χ4n) is 3.75. The number of hydrogen-bond acceptors (Lipinski definition) is 6. The number of aromatic nitrogens is 3. The molecule has 1 unspecified atom stereocenters. The van der Waals surface area contributed by atoms with Gasteiger partial charge in [-0.1, -0.05) is 35.5 Å². The summed E-state index contributed by atoms with van der Waals surface area (Å²) in [5.74, 6) is 0.957. The number of halogens is 1. The van der Waals surface area contributed by atoms with Crippen LogP contribution in [0.1, 0.15) is 12.7 Å². The van der Waals surface area contributed by atoms with Crippen LogP contribution in [0.2, 0.25) is 5.02 Å². The van der Waals surface area contributed by atoms with Gasteiger partial charge in [0, 0.05) is 10.6 Å². The highest BCUT2D eigenvalue weighted by Gasteiger charge is 2.31. The lowest BCUT2D eigenvalue weighted by atomic mass is 10.2. The van der Waals surface area contributed by atoms with Crippen molar-refractivity contribution in [3.63, 3.8) is 0 Å². The van der Waals surface area contributed by atoms with Gasteiger partial charge < -0.3 is 9.73 Å². The molecule has 1 aliphatic rings. The second-order valence-corrected chi connectivity index (χ2v) is 9.47. The van der Waals surface area contributed by atoms with E-state index >= 15 is 0 Å². The molecule has 5 rings (SSSR count). The van der Waals surface area contributed by atoms with E-state index < -0.39 is 5.25 Å². The predicted molar refractivity (Wildman–Crippen MR) is 131 cm³/mol. The number of para-hydroxylation sites is 2. The molecule has 1 atom stereocenters. The zero-order chi connectivity index (χ0) is 23.7. The number of rotatable bonds is 6. The summed E-state index contributed by atoms with van der Waals surface area (Å²) in [4.78, 5) is 27.1. The van der Waals surface area contributed by atoms with Gasteiger partial charge in [-0.15, -0.1) is 10.2 Å². The number of benzene rings is 2. The molecule has 34 heavy (non-hydrogen) atoms. The number of carbonyl (C=O) groups is 2. The van der Waals surface area contributed by atoms with E-state index in [0.29, 0.717) is 33.9 Å². The molecule has 0 spiro atoms. The maximum absolute atomic E-state index is 13.4. The summed E-state index contributed by atoms with van der Waals surface area (Å²) in [6.07, 6.45) is 1.61. The SMILES string of the molecule is CC(Sc1nnc(-c2ccc(Cl)cc2)n1Cc1ccco1)C(=O)N1CC(=O)Nc2ccccc21. The Labute approximate surface area is 204 Å². The van der Waals surface area contributed by atoms with Crippen molar-refractivity contribution >= 4 is 46.6 Å². The van der Waals surface area contributed by atoms with Crippen LogP contribution in [0.15, 0.2) is 76.5 Å². The van der Waals surface area contributed by atoms with E-state index in [2.05, 4.69) is 15.5 Å². The van der Waals surface area contributed by atoms with Crippen LogP contribution in [-0.2, 0) is 16.1 Å². The summed E-state index contributed by atoms with van der Waals surface area (Å²) in [6, 6.07) is 18.3. The van der Waals surface area contributed by atoms with Crippen LogP contribution in [-0.4, -0.2) is 38.4 Å². The third-order valence-corrected chi connectivity index (χ3v) is 6.70. The second-order valence-electron chi connectivity index (χ2n) is 7.73. The normalized spacial score (nSPS) is 13.9. The molecule has 0 fully saturated rings. The molecular weight excluding hydrogens is 474 g/mol. The van der Waals surface area contributed by atoms with Gasteiger partial charge in [0.1, 0.15) is 12.3 Å². The number of hydrogen-bond donors (Lipinski definition) is 1. The monoisotopic (exact) mass is 493 g/mol. The molecule has 0 saturated carbocycles. The zero-order valence-electron chi connectivity index (χ0n) is 18.1. The van der Waals surface area contributed by atoms with Gasteiger partial charge in [-0.25, -0.2) is 0 Å². The Morgan fingerprint density at radius 1 is 1.15 bits per heavy atom. The molecule has 3 heterocycles. The number of nitrogens with zero attached hydrogens (tertiary/aromatic N) is 4. The van der Waals surface area contributed by atoms with Crippen LogP contribution in [0.5, 0.6) is 0 Å². The number of furan rings is 1. The van der Waals surface area contributed by atoms with Crippen molar-refractivity contribution in [3.8, 4) is 11.4 Å². The van der Waals surface area contributed by atoms with Gasteiger partial charge in [-0.05, 0) is 55.5 Å². The molecule has 2 aromatic carbocycles. The fraction of sp³-hybridized carbons (Fsp3) is 0.167. The van der Waals surface area contributed by atoms with Crippen LogP contribution in [0.4, 0.5) is 11.4 Å². The molecule has 10 heteroatoms. The lowest BCUT2D eigenvalue weighted by Crippen LogP contribution is -2.45. The molecular formula is C24H20ClN5O3S. The van der Waals surface area contributed by atoms with Gasteiger partial charge in [0.05, 0.1) is 29.4 Å². The topological polar surface area (TPSA) is 93.3 Å². The summed E-state index contributed by atoms with van der Waals surface area (Å²) in [7, 11) is 0. The summed E-state index contributed by atoms with van der Waals surface area (Å²) in [5, 5.41) is 12.2. The minimum absolute atomic E-state index is 0.0319. The molecule has 2 aromatic heterocycles. The predicted octanol–water partition coefficient (Wildman–Crippen LogP) is 4.71. The molecule has 172 valence electrons. The molecule has 8 nitrogen and oxygen atoms in total. The summed E-state index contributed by atoms with van der Waals surface area (Å²) < 4.78 is 7.45. The minimum Gasteiger partial charge on any atom is -0.467 e. The standard InChI is InChI=1S/C24H20ClN5O3S/c1-15(23(32)29-14-21(31)26-19-6-2-3-7-20(19)29)34-24-28-27-22(16-8-10-17(25)11-9-16)30(24)13-18-5-4-12-33-18/h2-12,15H,13-14H2,1H3,(H,26,31). The van der Waals surface area contributed by atoms with Crippen molar-refractivity contribution in [2.24, 2.45) is 0 Å². The van der Waals surface area contributed by atoms with Gasteiger partial charge >= 0.3 is 0 Å². The van der Waals surface area contributed by atoms with E-state index in [0.717, 1.165) is 11.3 Å². The summed E-state index contributed by atoms with van der Waals surface area (Å²) in [5.41, 5.74) is 2.14. The molecule has 0 saturated heterocycles. The van der Waals surface area contributed by atoms with Crippen molar-refractivity contribution in [2.45, 2.75) is 23.9 Å². The van der Waals surface area contributed by atoms with Gasteiger partial charge in [0.2, 0.25) is 11.8 Å². The maximum Gasteiger partial charge on any atom is 0.244 e. The quantitative estimate of drug-likeness (QED) is 0.391. The molecule has 0 bridgehead atoms. The van der Waals surface area contributed by atoms with E-state index in [9.17, 15) is 9.59 Å². The average Bonchev–Trinajstić information content (AvgIpc) is 3.49. The van der Waals surface area contributed by atoms with Crippen molar-refractivity contribution in [1.82, 2.24) is 14.8 Å². The van der Waals surface area contributed by atoms with E-state index in [1.165, 1.54) is 16.7 Å². The zero-order valence-corrected chi connectivity index (χ0v) is 19.7. The first kappa shape index (κ1) is 22.2. The molecule has 0 radical (unpaired) electrons. The minimum atomic E-state index is -0.517. The number of anilines is 2. The van der Waals surface area contributed by atoms with E-state index in [-0.39, 0.29) is 18.4 Å². The summed E-state index contributed by atoms with van der Waals surface area (Å²) in [6.45, 7) is 2.17. The Kier molecular flexibility index (Phi) is 6.12. The highest BCUT2D eigenvalue weighted by Crippen LogP contribution is 2.33. The van der Waals surface area contributed by atoms with Crippen molar-refractivity contribution < 1.29 is 14.0 Å². The Morgan fingerprint density at radius 3 is 2.71 bits per heavy atom. The lowest BCUT2D eigenvalue weighted by Gasteiger charge is -2.30. The summed E-state index contributed by atoms with van der Waals surface area (Å²) >= 11 is 7.34. The van der Waals surface area contributed by atoms with Crippen LogP contribution in [0.25, 0.3) is 11.4 Å². The third-order valence-electron chi connectivity index (χ3n) is 5.38. The second kappa shape index (κ2) is 9.36. The molecule has 2 amide bonds. The molecule has 1 N–H and O–H groups in total. The number of carbonyl (C=O) groups excluding carboxylic acids is 2. The van der Waals surface area contributed by atoms with Crippen molar-refractivity contribution in [3.05, 3.63) is 77.7 Å². The van der Waals surface area contributed by atoms with Crippen LogP contribution < -0.4 is 10.2 Å². The average molecular weight is 494 g/mol. The van der Waals surface area contributed by atoms with Gasteiger partial charge in [-0.3, -0.25) is 19.1 Å². The number of amides is 2. The Hall–Kier alpha value is -3.56. The number of fused-ring (bicyclic) bond motifs is 1. The number of nitrogens with one attached hydrogen (secondary N) is 1. The Bertz CT molecular complexity index is 1340. The van der Waals surface area contributed by atoms with Gasteiger partial charge in [0.25, 0.3) is 0 Å². The first-order valence-corrected chi connectivity index (χ1v) is 11.8. The smallest absolute Gasteiger partial charge is 0.244 e. The van der Waals surface area contributed by atoms with Gasteiger partial charge in [-0.2, -0.15) is 0 Å². The van der Waals surface area contributed by atoms with Crippen molar-refractivity contribution in [1.29, 1.82) is 0 Å². The van der Waals surface area contributed by atoms with Crippen molar-refractivity contribution in [2.75, 3.05) is 16.8 Å². The van der Waals surface area contributed by atoms with E-state index in [4.69, 9.17) is 16.0 Å². The Balaban J connectivity index is 1.44. The lowest BCUT2D eigenvalue weighted by molar-refractivity contribution is -0.121. The maximum atomic E-state index is 13.4. The molecule has 4 aromatic rings. The number of thioether (sulfide) groups is 1. The first-order valence-electron chi connectivity index (χ1n) is 10.6. The highest BCUT2D eigenvalue weighted by molar-refractivity contribution is 8.00. The third kappa shape index (κ3) is 4.44. The molecule has 0 aliphatic carbocycles. The van der Waals surface area contributed by atoms with E-state index in [1.807, 2.05) is 47.0 Å². The Morgan fingerprint density at radius 2 is 1.94 bits per heavy atom. The van der Waals surface area contributed by atoms with E-state index in [1.54, 1.807) is 31.4 Å². The fourth-order valence-corrected chi connectivity index (χ4v) is 4.78. The largest absolute Gasteiger partial charge is 0.467 e. The van der Waals surface area contributed by atoms with Gasteiger partial charge in [0.15, 0.2) is 11.0 Å². The van der Waals surface area contributed by atoms with Crippen LogP contribution in [0.3, 0.4) is 0 Å². The van der Waals surface area contributed by atoms with Crippen LogP contribution in [0, 0.1) is 0 Å². The first-order chi connectivity index (χ1) is 16.5. The van der Waals surface area contributed by atoms with Crippen LogP contribution >= 0.6 is 23.4 Å².